The molecule has 9 nitrogen and oxygen atoms in total. The van der Waals surface area contributed by atoms with Crippen molar-refractivity contribution >= 4 is 149 Å². The Bertz CT molecular complexity index is 8800. The molecule has 0 bridgehead atoms. The molecule has 0 fully saturated rings. The van der Waals surface area contributed by atoms with Gasteiger partial charge in [0, 0.05) is 138 Å². The van der Waals surface area contributed by atoms with E-state index in [1.54, 1.807) is 0 Å². The van der Waals surface area contributed by atoms with E-state index in [1.807, 2.05) is 94.7 Å². The molecule has 130 heavy (non-hydrogen) atoms. The van der Waals surface area contributed by atoms with Crippen LogP contribution in [-0.2, 0) is 0 Å². The van der Waals surface area contributed by atoms with E-state index < -0.39 is 0 Å². The zero-order chi connectivity index (χ0) is 86.0. The Kier molecular flexibility index (Phi) is 19.7. The van der Waals surface area contributed by atoms with Crippen LogP contribution in [0.25, 0.3) is 245 Å². The molecular weight excluding hydrogens is 1640 g/mol. The monoisotopic (exact) mass is 1710 g/mol. The van der Waals surface area contributed by atoms with Crippen molar-refractivity contribution in [1.29, 1.82) is 0 Å². The number of pyridine rings is 3. The number of benzene rings is 17. The SMILES string of the molecule is c1ccc(-c2cc(-c3cccc(-c4nc5ccccc5c5sc6ccccc6c45)c3)nc(-c3ccccc3)n2)cc1.c1ccc(-c2ccc(-c3nc(-c4cccc(-c5nc6ccccc6c6sc7ccccc7c56)c4)nc4ccccc34)cc2)cc1.c1ccc(-c2nc3ccccc3n2-c2ccc(-c3cccc(-c4nc5ccccc5c5sc6ccccc6c45)c3)cc2)cc1. The summed E-state index contributed by atoms with van der Waals surface area (Å²) in [7, 11) is 0. The molecule has 0 aliphatic heterocycles. The number of rotatable bonds is 12. The standard InChI is InChI=1S/C41H25N3S.C40H25N3S.C37H23N3S/c1-2-11-26(12-3-1)27-21-23-28(24-22-27)38-31-15-4-7-18-34(31)43-41(44-38)30-14-10-13-29(25-30)39-37-33-17-6-9-20-36(33)45-40(37)32-16-5-8-19-35(32)42-39;1-2-11-27(12-3-1)40-42-34-18-7-8-19-35(34)43(40)30-23-21-26(22-24-30)28-13-10-14-29(25-28)38-37-32-16-5-9-20-36(32)44-39(37)31-15-4-6-17-33(31)41-38;1-3-12-24(13-4-1)31-23-32(40-37(39-31)25-14-5-2-6-15-25)26-16-11-17-27(22-26)35-34-29-19-8-10-21-33(29)41-36(34)28-18-7-9-20-30(28)38-35/h1-25H;1-25H;1-23H. The largest absolute Gasteiger partial charge is 0.292 e. The summed E-state index contributed by atoms with van der Waals surface area (Å²) < 4.78 is 9.92. The lowest BCUT2D eigenvalue weighted by atomic mass is 9.98. The highest BCUT2D eigenvalue weighted by Crippen LogP contribution is 2.48. The number of imidazole rings is 1. The van der Waals surface area contributed by atoms with E-state index in [9.17, 15) is 0 Å². The molecule has 0 amide bonds. The molecule has 608 valence electrons. The molecule has 0 N–H and O–H groups in total. The van der Waals surface area contributed by atoms with Gasteiger partial charge in [-0.3, -0.25) is 4.57 Å². The molecule has 26 aromatic rings. The molecular formula is C118H73N9S3. The molecule has 9 aromatic heterocycles. The van der Waals surface area contributed by atoms with Crippen LogP contribution in [0, 0.1) is 0 Å². The van der Waals surface area contributed by atoms with Gasteiger partial charge in [-0.1, -0.05) is 352 Å². The summed E-state index contributed by atoms with van der Waals surface area (Å²) in [5.74, 6) is 2.35. The van der Waals surface area contributed by atoms with E-state index >= 15 is 0 Å². The van der Waals surface area contributed by atoms with Crippen LogP contribution in [-0.4, -0.2) is 44.4 Å². The highest BCUT2D eigenvalue weighted by Gasteiger charge is 2.24. The Hall–Kier alpha value is -16.5. The second-order valence-electron chi connectivity index (χ2n) is 32.3. The Labute approximate surface area is 760 Å². The van der Waals surface area contributed by atoms with E-state index in [4.69, 9.17) is 39.9 Å². The predicted molar refractivity (Wildman–Crippen MR) is 547 cm³/mol. The maximum Gasteiger partial charge on any atom is 0.160 e. The number of para-hydroxylation sites is 6. The van der Waals surface area contributed by atoms with Crippen LogP contribution >= 0.6 is 34.0 Å². The lowest BCUT2D eigenvalue weighted by Gasteiger charge is -2.12. The zero-order valence-electron chi connectivity index (χ0n) is 69.9. The first kappa shape index (κ1) is 77.1. The Morgan fingerprint density at radius 2 is 0.508 bits per heavy atom. The molecule has 0 saturated carbocycles. The van der Waals surface area contributed by atoms with Crippen LogP contribution in [0.3, 0.4) is 0 Å². The first-order chi connectivity index (χ1) is 64.4. The fourth-order valence-corrected chi connectivity index (χ4v) is 21.9. The Balaban J connectivity index is 0.000000108. The molecule has 0 aliphatic carbocycles. The number of thiophene rings is 3. The van der Waals surface area contributed by atoms with Gasteiger partial charge in [-0.05, 0) is 113 Å². The van der Waals surface area contributed by atoms with Gasteiger partial charge in [0.25, 0.3) is 0 Å². The third kappa shape index (κ3) is 14.2. The average molecular weight is 1710 g/mol. The van der Waals surface area contributed by atoms with Gasteiger partial charge < -0.3 is 0 Å². The number of aromatic nitrogens is 9. The smallest absolute Gasteiger partial charge is 0.160 e. The van der Waals surface area contributed by atoms with Crippen LogP contribution in [0.15, 0.2) is 443 Å². The van der Waals surface area contributed by atoms with Crippen molar-refractivity contribution in [2.45, 2.75) is 0 Å². The summed E-state index contributed by atoms with van der Waals surface area (Å²) in [4.78, 5) is 41.0. The normalized spacial score (nSPS) is 11.5. The topological polar surface area (TPSA) is 108 Å². The average Bonchev–Trinajstić information content (AvgIpc) is 1.58. The van der Waals surface area contributed by atoms with E-state index in [2.05, 4.69) is 387 Å². The number of hydrogen-bond donors (Lipinski definition) is 0. The number of fused-ring (bicyclic) bond motifs is 17. The van der Waals surface area contributed by atoms with Crippen molar-refractivity contribution in [2.75, 3.05) is 0 Å². The second kappa shape index (κ2) is 33.1. The minimum absolute atomic E-state index is 0.699. The van der Waals surface area contributed by atoms with E-state index in [-0.39, 0.29) is 0 Å². The zero-order valence-corrected chi connectivity index (χ0v) is 72.3. The van der Waals surface area contributed by atoms with Crippen LogP contribution in [0.1, 0.15) is 0 Å². The molecule has 9 heterocycles. The van der Waals surface area contributed by atoms with Crippen molar-refractivity contribution in [3.63, 3.8) is 0 Å². The molecule has 26 rings (SSSR count). The summed E-state index contributed by atoms with van der Waals surface area (Å²) in [6, 6.07) is 155. The van der Waals surface area contributed by atoms with Gasteiger partial charge in [-0.25, -0.2) is 39.9 Å². The fraction of sp³-hybridized carbons (Fsp3) is 0. The summed E-state index contributed by atoms with van der Waals surface area (Å²) >= 11 is 5.53. The fourth-order valence-electron chi connectivity index (χ4n) is 18.1. The minimum atomic E-state index is 0.699. The molecule has 0 spiro atoms. The molecule has 0 atom stereocenters. The third-order valence-corrected chi connectivity index (χ3v) is 28.0. The summed E-state index contributed by atoms with van der Waals surface area (Å²) in [5.41, 5.74) is 27.0. The Morgan fingerprint density at radius 1 is 0.177 bits per heavy atom. The number of nitrogens with zero attached hydrogens (tertiary/aromatic N) is 9. The lowest BCUT2D eigenvalue weighted by molar-refractivity contribution is 1.10. The minimum Gasteiger partial charge on any atom is -0.292 e. The Morgan fingerprint density at radius 3 is 1.02 bits per heavy atom. The van der Waals surface area contributed by atoms with Crippen molar-refractivity contribution in [2.24, 2.45) is 0 Å². The van der Waals surface area contributed by atoms with E-state index in [0.29, 0.717) is 11.6 Å². The van der Waals surface area contributed by atoms with Crippen LogP contribution < -0.4 is 0 Å². The van der Waals surface area contributed by atoms with Gasteiger partial charge in [0.1, 0.15) is 5.82 Å². The van der Waals surface area contributed by atoms with Crippen molar-refractivity contribution in [1.82, 2.24) is 44.4 Å². The summed E-state index contributed by atoms with van der Waals surface area (Å²) in [6.07, 6.45) is 0. The van der Waals surface area contributed by atoms with E-state index in [0.717, 1.165) is 145 Å². The van der Waals surface area contributed by atoms with Gasteiger partial charge in [0.15, 0.2) is 11.6 Å². The number of hydrogen-bond acceptors (Lipinski definition) is 11. The van der Waals surface area contributed by atoms with Gasteiger partial charge >= 0.3 is 0 Å². The molecule has 0 aliphatic rings. The molecule has 0 unspecified atom stereocenters. The highest BCUT2D eigenvalue weighted by molar-refractivity contribution is 7.27. The third-order valence-electron chi connectivity index (χ3n) is 24.3. The first-order valence-corrected chi connectivity index (χ1v) is 45.9. The quantitative estimate of drug-likeness (QED) is 0.119. The molecule has 12 heteroatoms. The molecule has 0 saturated heterocycles. The van der Waals surface area contributed by atoms with Gasteiger partial charge in [0.2, 0.25) is 0 Å². The van der Waals surface area contributed by atoms with E-state index in [1.165, 1.54) is 87.8 Å². The maximum absolute atomic E-state index is 5.24. The molecule has 17 aromatic carbocycles. The van der Waals surface area contributed by atoms with Gasteiger partial charge in [-0.15, -0.1) is 34.0 Å². The summed E-state index contributed by atoms with van der Waals surface area (Å²) in [5, 5.41) is 12.0. The van der Waals surface area contributed by atoms with Gasteiger partial charge in [0.05, 0.1) is 67.3 Å². The van der Waals surface area contributed by atoms with Crippen molar-refractivity contribution in [3.8, 4) is 130 Å². The highest BCUT2D eigenvalue weighted by atomic mass is 32.1. The van der Waals surface area contributed by atoms with Crippen LogP contribution in [0.2, 0.25) is 0 Å². The van der Waals surface area contributed by atoms with Crippen LogP contribution in [0.4, 0.5) is 0 Å². The summed E-state index contributed by atoms with van der Waals surface area (Å²) in [6.45, 7) is 0. The predicted octanol–water partition coefficient (Wildman–Crippen LogP) is 32.2. The van der Waals surface area contributed by atoms with Crippen molar-refractivity contribution < 1.29 is 0 Å². The maximum atomic E-state index is 5.24. The molecule has 0 radical (unpaired) electrons. The van der Waals surface area contributed by atoms with Crippen LogP contribution in [0.5, 0.6) is 0 Å². The first-order valence-electron chi connectivity index (χ1n) is 43.4. The second-order valence-corrected chi connectivity index (χ2v) is 35.5. The lowest BCUT2D eigenvalue weighted by Crippen LogP contribution is -1.97. The van der Waals surface area contributed by atoms with Crippen molar-refractivity contribution in [3.05, 3.63) is 443 Å². The van der Waals surface area contributed by atoms with Gasteiger partial charge in [-0.2, -0.15) is 0 Å².